The van der Waals surface area contributed by atoms with Crippen molar-refractivity contribution in [2.75, 3.05) is 13.1 Å². The van der Waals surface area contributed by atoms with Crippen LogP contribution in [-0.2, 0) is 16.1 Å². The van der Waals surface area contributed by atoms with Crippen molar-refractivity contribution in [1.29, 1.82) is 0 Å². The molecule has 26 heavy (non-hydrogen) atoms. The van der Waals surface area contributed by atoms with E-state index in [1.807, 2.05) is 41.3 Å². The molecule has 0 radical (unpaired) electrons. The Balaban J connectivity index is 1.40. The molecule has 1 N–H and O–H groups in total. The van der Waals surface area contributed by atoms with Crippen molar-refractivity contribution in [2.24, 2.45) is 0 Å². The number of rotatable bonds is 7. The number of piperidine rings is 1. The smallest absolute Gasteiger partial charge is 0.222 e. The lowest BCUT2D eigenvalue weighted by molar-refractivity contribution is -0.133. The zero-order valence-corrected chi connectivity index (χ0v) is 15.4. The van der Waals surface area contributed by atoms with Crippen molar-refractivity contribution >= 4 is 23.4 Å². The molecule has 2 heterocycles. The van der Waals surface area contributed by atoms with Crippen molar-refractivity contribution in [3.05, 3.63) is 47.2 Å². The van der Waals surface area contributed by atoms with Crippen LogP contribution in [0.2, 0.25) is 5.02 Å². The SMILES string of the molecule is O=C(CCCN1CCCCC1=O)NCc1ccc(-c2ccc(Cl)cc2)o1. The van der Waals surface area contributed by atoms with E-state index in [1.54, 1.807) is 0 Å². The summed E-state index contributed by atoms with van der Waals surface area (Å²) in [6, 6.07) is 11.2. The molecule has 138 valence electrons. The number of hydrogen-bond acceptors (Lipinski definition) is 3. The summed E-state index contributed by atoms with van der Waals surface area (Å²) in [5, 5.41) is 3.54. The summed E-state index contributed by atoms with van der Waals surface area (Å²) in [4.78, 5) is 25.6. The number of benzene rings is 1. The summed E-state index contributed by atoms with van der Waals surface area (Å²) in [7, 11) is 0. The fraction of sp³-hybridized carbons (Fsp3) is 0.400. The summed E-state index contributed by atoms with van der Waals surface area (Å²) < 4.78 is 5.76. The highest BCUT2D eigenvalue weighted by Crippen LogP contribution is 2.23. The van der Waals surface area contributed by atoms with Crippen LogP contribution >= 0.6 is 11.6 Å². The lowest BCUT2D eigenvalue weighted by Gasteiger charge is -2.26. The van der Waals surface area contributed by atoms with Gasteiger partial charge in [0.2, 0.25) is 11.8 Å². The molecular formula is C20H23ClN2O3. The summed E-state index contributed by atoms with van der Waals surface area (Å²) in [6.07, 6.45) is 3.78. The molecule has 0 bridgehead atoms. The fourth-order valence-corrected chi connectivity index (χ4v) is 3.17. The van der Waals surface area contributed by atoms with Crippen molar-refractivity contribution in [2.45, 2.75) is 38.6 Å². The van der Waals surface area contributed by atoms with Crippen molar-refractivity contribution in [3.63, 3.8) is 0 Å². The first-order chi connectivity index (χ1) is 12.6. The Hall–Kier alpha value is -2.27. The summed E-state index contributed by atoms with van der Waals surface area (Å²) in [5.41, 5.74) is 0.943. The first kappa shape index (κ1) is 18.5. The van der Waals surface area contributed by atoms with E-state index in [9.17, 15) is 9.59 Å². The number of amides is 2. The van der Waals surface area contributed by atoms with Crippen LogP contribution < -0.4 is 5.32 Å². The van der Waals surface area contributed by atoms with Gasteiger partial charge in [0.25, 0.3) is 0 Å². The maximum atomic E-state index is 12.0. The van der Waals surface area contributed by atoms with E-state index in [1.165, 1.54) is 0 Å². The number of halogens is 1. The third kappa shape index (κ3) is 5.11. The second kappa shape index (κ2) is 8.90. The lowest BCUT2D eigenvalue weighted by atomic mass is 10.1. The van der Waals surface area contributed by atoms with Gasteiger partial charge in [0.15, 0.2) is 0 Å². The highest BCUT2D eigenvalue weighted by atomic mass is 35.5. The molecule has 0 atom stereocenters. The minimum Gasteiger partial charge on any atom is -0.459 e. The number of carbonyl (C=O) groups is 2. The summed E-state index contributed by atoms with van der Waals surface area (Å²) in [5.74, 6) is 1.63. The van der Waals surface area contributed by atoms with E-state index in [0.717, 1.165) is 30.7 Å². The zero-order chi connectivity index (χ0) is 18.4. The lowest BCUT2D eigenvalue weighted by Crippen LogP contribution is -2.36. The molecule has 1 aliphatic rings. The molecule has 1 aliphatic heterocycles. The molecular weight excluding hydrogens is 352 g/mol. The van der Waals surface area contributed by atoms with Crippen molar-refractivity contribution < 1.29 is 14.0 Å². The maximum Gasteiger partial charge on any atom is 0.222 e. The van der Waals surface area contributed by atoms with E-state index in [0.29, 0.717) is 43.1 Å². The molecule has 5 nitrogen and oxygen atoms in total. The van der Waals surface area contributed by atoms with Gasteiger partial charge in [-0.15, -0.1) is 0 Å². The fourth-order valence-electron chi connectivity index (χ4n) is 3.04. The molecule has 1 aromatic heterocycles. The van der Waals surface area contributed by atoms with E-state index < -0.39 is 0 Å². The number of likely N-dealkylation sites (tertiary alicyclic amines) is 1. The van der Waals surface area contributed by atoms with Crippen LogP contribution in [0.4, 0.5) is 0 Å². The molecule has 0 aliphatic carbocycles. The standard InChI is InChI=1S/C20H23ClN2O3/c21-16-8-6-15(7-9-16)18-11-10-17(26-18)14-22-19(24)4-3-13-23-12-2-1-5-20(23)25/h6-11H,1-5,12-14H2,(H,22,24). The average molecular weight is 375 g/mol. The van der Waals surface area contributed by atoms with Gasteiger partial charge in [-0.1, -0.05) is 11.6 Å². The van der Waals surface area contributed by atoms with Crippen LogP contribution in [0.15, 0.2) is 40.8 Å². The van der Waals surface area contributed by atoms with Gasteiger partial charge >= 0.3 is 0 Å². The third-order valence-corrected chi connectivity index (χ3v) is 4.76. The first-order valence-electron chi connectivity index (χ1n) is 9.01. The number of hydrogen-bond donors (Lipinski definition) is 1. The molecule has 1 saturated heterocycles. The van der Waals surface area contributed by atoms with Crippen LogP contribution in [0.25, 0.3) is 11.3 Å². The summed E-state index contributed by atoms with van der Waals surface area (Å²) >= 11 is 5.89. The Morgan fingerprint density at radius 3 is 2.73 bits per heavy atom. The normalized spacial score (nSPS) is 14.5. The number of nitrogens with zero attached hydrogens (tertiary/aromatic N) is 1. The topological polar surface area (TPSA) is 62.6 Å². The molecule has 0 unspecified atom stereocenters. The Bertz CT molecular complexity index is 755. The minimum atomic E-state index is -0.0288. The molecule has 2 amide bonds. The Morgan fingerprint density at radius 2 is 1.96 bits per heavy atom. The Labute approximate surface area is 158 Å². The number of carbonyl (C=O) groups excluding carboxylic acids is 2. The van der Waals surface area contributed by atoms with Gasteiger partial charge in [0, 0.05) is 36.5 Å². The quantitative estimate of drug-likeness (QED) is 0.796. The Morgan fingerprint density at radius 1 is 1.15 bits per heavy atom. The second-order valence-corrected chi connectivity index (χ2v) is 6.93. The molecule has 1 fully saturated rings. The Kier molecular flexibility index (Phi) is 6.34. The molecule has 2 aromatic rings. The van der Waals surface area contributed by atoms with Crippen molar-refractivity contribution in [1.82, 2.24) is 10.2 Å². The predicted octanol–water partition coefficient (Wildman–Crippen LogP) is 4.01. The van der Waals surface area contributed by atoms with E-state index in [2.05, 4.69) is 5.32 Å². The minimum absolute atomic E-state index is 0.0288. The van der Waals surface area contributed by atoms with E-state index >= 15 is 0 Å². The molecule has 3 rings (SSSR count). The van der Waals surface area contributed by atoms with Crippen LogP contribution in [0.1, 0.15) is 37.9 Å². The number of furan rings is 1. The maximum absolute atomic E-state index is 12.0. The first-order valence-corrected chi connectivity index (χ1v) is 9.39. The van der Waals surface area contributed by atoms with E-state index in [4.69, 9.17) is 16.0 Å². The second-order valence-electron chi connectivity index (χ2n) is 6.49. The van der Waals surface area contributed by atoms with Gasteiger partial charge in [-0.3, -0.25) is 9.59 Å². The number of nitrogens with one attached hydrogen (secondary N) is 1. The third-order valence-electron chi connectivity index (χ3n) is 4.50. The predicted molar refractivity (Wildman–Crippen MR) is 101 cm³/mol. The molecule has 0 spiro atoms. The van der Waals surface area contributed by atoms with Crippen LogP contribution in [0.3, 0.4) is 0 Å². The van der Waals surface area contributed by atoms with Gasteiger partial charge < -0.3 is 14.6 Å². The van der Waals surface area contributed by atoms with Crippen LogP contribution in [0, 0.1) is 0 Å². The zero-order valence-electron chi connectivity index (χ0n) is 14.7. The van der Waals surface area contributed by atoms with E-state index in [-0.39, 0.29) is 11.8 Å². The van der Waals surface area contributed by atoms with Gasteiger partial charge in [-0.25, -0.2) is 0 Å². The van der Waals surface area contributed by atoms with Crippen molar-refractivity contribution in [3.8, 4) is 11.3 Å². The highest BCUT2D eigenvalue weighted by Gasteiger charge is 2.17. The monoisotopic (exact) mass is 374 g/mol. The van der Waals surface area contributed by atoms with Gasteiger partial charge in [0.05, 0.1) is 6.54 Å². The van der Waals surface area contributed by atoms with Crippen LogP contribution in [-0.4, -0.2) is 29.8 Å². The van der Waals surface area contributed by atoms with Crippen LogP contribution in [0.5, 0.6) is 0 Å². The largest absolute Gasteiger partial charge is 0.459 e. The van der Waals surface area contributed by atoms with Gasteiger partial charge in [-0.2, -0.15) is 0 Å². The molecule has 6 heteroatoms. The molecule has 0 saturated carbocycles. The molecule has 1 aromatic carbocycles. The van der Waals surface area contributed by atoms with Gasteiger partial charge in [-0.05, 0) is 55.7 Å². The summed E-state index contributed by atoms with van der Waals surface area (Å²) in [6.45, 7) is 1.84. The highest BCUT2D eigenvalue weighted by molar-refractivity contribution is 6.30. The van der Waals surface area contributed by atoms with Gasteiger partial charge in [0.1, 0.15) is 11.5 Å². The average Bonchev–Trinajstić information content (AvgIpc) is 3.11.